The molecule has 3 rings (SSSR count). The second-order valence-electron chi connectivity index (χ2n) is 4.58. The first kappa shape index (κ1) is 13.8. The summed E-state index contributed by atoms with van der Waals surface area (Å²) in [6.45, 7) is 2.25. The van der Waals surface area contributed by atoms with E-state index in [-0.39, 0.29) is 6.61 Å². The molecule has 0 spiro atoms. The Morgan fingerprint density at radius 3 is 2.81 bits per heavy atom. The Morgan fingerprint density at radius 2 is 2.00 bits per heavy atom. The Hall–Kier alpha value is -2.14. The van der Waals surface area contributed by atoms with Gasteiger partial charge in [-0.25, -0.2) is 0 Å². The lowest BCUT2D eigenvalue weighted by molar-refractivity contribution is 0.242. The summed E-state index contributed by atoms with van der Waals surface area (Å²) in [6.07, 6.45) is 0. The standard InChI is InChI=1S/C16H13BrN2O2/c1-11-5-2-3-8-14(11)20-10-15-18-16(19-21-15)12-6-4-7-13(17)9-12/h2-9H,10H2,1H3. The van der Waals surface area contributed by atoms with Gasteiger partial charge in [0.15, 0.2) is 6.61 Å². The molecule has 4 nitrogen and oxygen atoms in total. The summed E-state index contributed by atoms with van der Waals surface area (Å²) in [5.74, 6) is 1.83. The fraction of sp³-hybridized carbons (Fsp3) is 0.125. The number of para-hydroxylation sites is 1. The van der Waals surface area contributed by atoms with Crippen molar-refractivity contribution in [3.63, 3.8) is 0 Å². The van der Waals surface area contributed by atoms with E-state index in [2.05, 4.69) is 26.1 Å². The monoisotopic (exact) mass is 344 g/mol. The van der Waals surface area contributed by atoms with Gasteiger partial charge in [0.05, 0.1) is 0 Å². The molecule has 0 atom stereocenters. The van der Waals surface area contributed by atoms with Gasteiger partial charge in [0, 0.05) is 10.0 Å². The van der Waals surface area contributed by atoms with Crippen molar-refractivity contribution in [3.8, 4) is 17.1 Å². The van der Waals surface area contributed by atoms with Gasteiger partial charge in [0.1, 0.15) is 5.75 Å². The average Bonchev–Trinajstić information content (AvgIpc) is 2.95. The Labute approximate surface area is 130 Å². The molecule has 0 N–H and O–H groups in total. The van der Waals surface area contributed by atoms with Crippen LogP contribution in [0.15, 0.2) is 57.5 Å². The fourth-order valence-electron chi connectivity index (χ4n) is 1.92. The molecule has 0 unspecified atom stereocenters. The van der Waals surface area contributed by atoms with Crippen LogP contribution in [0.2, 0.25) is 0 Å². The van der Waals surface area contributed by atoms with E-state index in [4.69, 9.17) is 9.26 Å². The zero-order valence-electron chi connectivity index (χ0n) is 11.4. The number of rotatable bonds is 4. The second-order valence-corrected chi connectivity index (χ2v) is 5.49. The van der Waals surface area contributed by atoms with E-state index in [1.165, 1.54) is 0 Å². The van der Waals surface area contributed by atoms with Crippen molar-refractivity contribution in [3.05, 3.63) is 64.5 Å². The van der Waals surface area contributed by atoms with Crippen LogP contribution in [0.1, 0.15) is 11.5 Å². The molecule has 0 saturated carbocycles. The molecule has 1 heterocycles. The van der Waals surface area contributed by atoms with E-state index in [9.17, 15) is 0 Å². The zero-order valence-corrected chi connectivity index (χ0v) is 13.0. The van der Waals surface area contributed by atoms with Gasteiger partial charge < -0.3 is 9.26 Å². The van der Waals surface area contributed by atoms with Gasteiger partial charge in [-0.15, -0.1) is 0 Å². The third kappa shape index (κ3) is 3.31. The molecule has 0 fully saturated rings. The topological polar surface area (TPSA) is 48.2 Å². The number of halogens is 1. The molecule has 21 heavy (non-hydrogen) atoms. The summed E-state index contributed by atoms with van der Waals surface area (Å²) in [6, 6.07) is 15.6. The van der Waals surface area contributed by atoms with E-state index in [0.717, 1.165) is 21.3 Å². The van der Waals surface area contributed by atoms with Crippen LogP contribution in [-0.2, 0) is 6.61 Å². The number of aryl methyl sites for hydroxylation is 1. The largest absolute Gasteiger partial charge is 0.483 e. The van der Waals surface area contributed by atoms with Crippen molar-refractivity contribution in [1.29, 1.82) is 0 Å². The molecular weight excluding hydrogens is 332 g/mol. The second kappa shape index (κ2) is 6.10. The van der Waals surface area contributed by atoms with E-state index in [1.807, 2.05) is 55.5 Å². The van der Waals surface area contributed by atoms with Crippen LogP contribution in [0, 0.1) is 6.92 Å². The van der Waals surface area contributed by atoms with E-state index < -0.39 is 0 Å². The minimum Gasteiger partial charge on any atom is -0.483 e. The number of nitrogens with zero attached hydrogens (tertiary/aromatic N) is 2. The molecule has 0 aliphatic rings. The number of hydrogen-bond donors (Lipinski definition) is 0. The third-order valence-corrected chi connectivity index (χ3v) is 3.49. The maximum absolute atomic E-state index is 5.69. The van der Waals surface area contributed by atoms with Crippen molar-refractivity contribution in [1.82, 2.24) is 10.1 Å². The maximum Gasteiger partial charge on any atom is 0.264 e. The molecule has 0 bridgehead atoms. The van der Waals surface area contributed by atoms with Crippen LogP contribution < -0.4 is 4.74 Å². The van der Waals surface area contributed by atoms with E-state index >= 15 is 0 Å². The van der Waals surface area contributed by atoms with Gasteiger partial charge in [0.2, 0.25) is 5.82 Å². The first-order chi connectivity index (χ1) is 10.2. The lowest BCUT2D eigenvalue weighted by Crippen LogP contribution is -1.97. The van der Waals surface area contributed by atoms with E-state index in [0.29, 0.717) is 11.7 Å². The summed E-state index contributed by atoms with van der Waals surface area (Å²) in [4.78, 5) is 4.34. The van der Waals surface area contributed by atoms with Crippen LogP contribution in [0.4, 0.5) is 0 Å². The highest BCUT2D eigenvalue weighted by molar-refractivity contribution is 9.10. The molecule has 0 amide bonds. The SMILES string of the molecule is Cc1ccccc1OCc1nc(-c2cccc(Br)c2)no1. The van der Waals surface area contributed by atoms with Crippen LogP contribution in [0.25, 0.3) is 11.4 Å². The van der Waals surface area contributed by atoms with Crippen LogP contribution >= 0.6 is 15.9 Å². The van der Waals surface area contributed by atoms with Crippen LogP contribution in [-0.4, -0.2) is 10.1 Å². The number of hydrogen-bond acceptors (Lipinski definition) is 4. The lowest BCUT2D eigenvalue weighted by atomic mass is 10.2. The Bertz CT molecular complexity index is 755. The summed E-state index contributed by atoms with van der Waals surface area (Å²) in [7, 11) is 0. The first-order valence-electron chi connectivity index (χ1n) is 6.49. The zero-order chi connectivity index (χ0) is 14.7. The predicted molar refractivity (Wildman–Crippen MR) is 82.9 cm³/mol. The number of aromatic nitrogens is 2. The quantitative estimate of drug-likeness (QED) is 0.704. The lowest BCUT2D eigenvalue weighted by Gasteiger charge is -2.05. The minimum atomic E-state index is 0.256. The minimum absolute atomic E-state index is 0.256. The van der Waals surface area contributed by atoms with Gasteiger partial charge in [0.25, 0.3) is 5.89 Å². The molecule has 106 valence electrons. The summed E-state index contributed by atoms with van der Waals surface area (Å²) < 4.78 is 11.9. The Balaban J connectivity index is 1.72. The molecule has 0 saturated heterocycles. The van der Waals surface area contributed by atoms with Crippen molar-refractivity contribution >= 4 is 15.9 Å². The maximum atomic E-state index is 5.69. The van der Waals surface area contributed by atoms with Crippen LogP contribution in [0.5, 0.6) is 5.75 Å². The van der Waals surface area contributed by atoms with Crippen molar-refractivity contribution in [2.24, 2.45) is 0 Å². The van der Waals surface area contributed by atoms with Crippen molar-refractivity contribution in [2.45, 2.75) is 13.5 Å². The van der Waals surface area contributed by atoms with Crippen molar-refractivity contribution in [2.75, 3.05) is 0 Å². The molecule has 3 aromatic rings. The Kier molecular flexibility index (Phi) is 4.01. The molecule has 0 radical (unpaired) electrons. The highest BCUT2D eigenvalue weighted by Gasteiger charge is 2.10. The van der Waals surface area contributed by atoms with Gasteiger partial charge in [-0.1, -0.05) is 51.4 Å². The third-order valence-electron chi connectivity index (χ3n) is 3.00. The summed E-state index contributed by atoms with van der Waals surface area (Å²) in [5.41, 5.74) is 1.97. The molecule has 2 aromatic carbocycles. The number of benzene rings is 2. The van der Waals surface area contributed by atoms with Gasteiger partial charge in [-0.3, -0.25) is 0 Å². The van der Waals surface area contributed by atoms with Gasteiger partial charge >= 0.3 is 0 Å². The first-order valence-corrected chi connectivity index (χ1v) is 7.28. The van der Waals surface area contributed by atoms with Gasteiger partial charge in [-0.05, 0) is 30.7 Å². The Morgan fingerprint density at radius 1 is 1.14 bits per heavy atom. The predicted octanol–water partition coefficient (Wildman–Crippen LogP) is 4.39. The highest BCUT2D eigenvalue weighted by atomic mass is 79.9. The molecule has 0 aliphatic heterocycles. The highest BCUT2D eigenvalue weighted by Crippen LogP contribution is 2.21. The molecular formula is C16H13BrN2O2. The van der Waals surface area contributed by atoms with Crippen LogP contribution in [0.3, 0.4) is 0 Å². The molecule has 0 aliphatic carbocycles. The summed E-state index contributed by atoms with van der Waals surface area (Å²) in [5, 5.41) is 3.98. The van der Waals surface area contributed by atoms with Crippen molar-refractivity contribution < 1.29 is 9.26 Å². The number of ether oxygens (including phenoxy) is 1. The average molecular weight is 345 g/mol. The normalized spacial score (nSPS) is 10.6. The fourth-order valence-corrected chi connectivity index (χ4v) is 2.32. The van der Waals surface area contributed by atoms with Gasteiger partial charge in [-0.2, -0.15) is 4.98 Å². The molecule has 5 heteroatoms. The summed E-state index contributed by atoms with van der Waals surface area (Å²) >= 11 is 3.42. The smallest absolute Gasteiger partial charge is 0.264 e. The van der Waals surface area contributed by atoms with E-state index in [1.54, 1.807) is 0 Å². The molecule has 1 aromatic heterocycles.